The van der Waals surface area contributed by atoms with Gasteiger partial charge in [0.1, 0.15) is 11.6 Å². The molecular weight excluding hydrogens is 232 g/mol. The minimum Gasteiger partial charge on any atom is -0.243 e. The number of hydrogen-bond donors (Lipinski definition) is 0. The minimum atomic E-state index is -1.17. The Kier molecular flexibility index (Phi) is 5.02. The molecule has 0 bridgehead atoms. The first-order valence-corrected chi connectivity index (χ1v) is 6.58. The summed E-state index contributed by atoms with van der Waals surface area (Å²) >= 11 is 0. The van der Waals surface area contributed by atoms with E-state index < -0.39 is 22.6 Å². The van der Waals surface area contributed by atoms with E-state index in [2.05, 4.69) is 0 Å². The summed E-state index contributed by atoms with van der Waals surface area (Å²) in [5.41, 5.74) is 0.239. The maximum absolute atomic E-state index is 13.3. The normalized spacial score (nSPS) is 13.1. The largest absolute Gasteiger partial charge is 0.243 e. The van der Waals surface area contributed by atoms with Crippen molar-refractivity contribution < 1.29 is 13.0 Å². The van der Waals surface area contributed by atoms with Crippen molar-refractivity contribution in [1.82, 2.24) is 4.31 Å². The van der Waals surface area contributed by atoms with E-state index in [4.69, 9.17) is 0 Å². The first-order chi connectivity index (χ1) is 7.54. The number of rotatable bonds is 5. The second-order valence-corrected chi connectivity index (χ2v) is 4.89. The monoisotopic (exact) mass is 247 g/mol. The molecule has 0 radical (unpaired) electrons. The zero-order valence-corrected chi connectivity index (χ0v) is 10.2. The van der Waals surface area contributed by atoms with Crippen molar-refractivity contribution in [3.05, 3.63) is 35.4 Å². The van der Waals surface area contributed by atoms with Crippen LogP contribution in [0.3, 0.4) is 0 Å². The van der Waals surface area contributed by atoms with Crippen LogP contribution in [0, 0.1) is 11.6 Å². The van der Waals surface area contributed by atoms with Crippen LogP contribution in [0.15, 0.2) is 18.2 Å². The molecule has 0 N–H and O–H groups in total. The highest BCUT2D eigenvalue weighted by atomic mass is 32.2. The van der Waals surface area contributed by atoms with Gasteiger partial charge in [-0.1, -0.05) is 6.92 Å². The Bertz CT molecular complexity index is 384. The highest BCUT2D eigenvalue weighted by Gasteiger charge is 2.12. The summed E-state index contributed by atoms with van der Waals surface area (Å²) in [6.45, 7) is 2.71. The van der Waals surface area contributed by atoms with Crippen molar-refractivity contribution in [2.24, 2.45) is 0 Å². The quantitative estimate of drug-likeness (QED) is 0.782. The van der Waals surface area contributed by atoms with Crippen molar-refractivity contribution in [3.8, 4) is 0 Å². The van der Waals surface area contributed by atoms with Gasteiger partial charge < -0.3 is 0 Å². The van der Waals surface area contributed by atoms with E-state index in [1.165, 1.54) is 6.26 Å². The van der Waals surface area contributed by atoms with Crippen LogP contribution >= 0.6 is 0 Å². The molecule has 1 rings (SSSR count). The van der Waals surface area contributed by atoms with Gasteiger partial charge in [0.15, 0.2) is 0 Å². The predicted octanol–water partition coefficient (Wildman–Crippen LogP) is 2.47. The van der Waals surface area contributed by atoms with Crippen LogP contribution in [0.1, 0.15) is 18.9 Å². The molecule has 0 aromatic heterocycles. The van der Waals surface area contributed by atoms with Crippen molar-refractivity contribution in [1.29, 1.82) is 0 Å². The Balaban J connectivity index is 2.84. The van der Waals surface area contributed by atoms with Gasteiger partial charge in [0, 0.05) is 24.9 Å². The molecule has 1 atom stereocenters. The van der Waals surface area contributed by atoms with E-state index in [0.29, 0.717) is 6.54 Å². The molecule has 1 unspecified atom stereocenters. The van der Waals surface area contributed by atoms with Crippen LogP contribution in [0.25, 0.3) is 0 Å². The molecular formula is C11H15F2NOS. The Hall–Kier alpha value is -0.810. The molecule has 0 fully saturated rings. The zero-order chi connectivity index (χ0) is 12.1. The number of halogens is 2. The zero-order valence-electron chi connectivity index (χ0n) is 9.37. The Morgan fingerprint density at radius 1 is 1.38 bits per heavy atom. The average molecular weight is 247 g/mol. The van der Waals surface area contributed by atoms with E-state index >= 15 is 0 Å². The molecule has 90 valence electrons. The van der Waals surface area contributed by atoms with Gasteiger partial charge in [0.05, 0.1) is 11.0 Å². The molecule has 0 aliphatic heterocycles. The third-order valence-electron chi connectivity index (χ3n) is 2.19. The summed E-state index contributed by atoms with van der Waals surface area (Å²) in [5.74, 6) is -0.942. The van der Waals surface area contributed by atoms with E-state index in [9.17, 15) is 13.0 Å². The van der Waals surface area contributed by atoms with Gasteiger partial charge in [-0.15, -0.1) is 0 Å². The molecule has 0 saturated heterocycles. The molecule has 16 heavy (non-hydrogen) atoms. The lowest BCUT2D eigenvalue weighted by molar-refractivity contribution is 0.429. The lowest BCUT2D eigenvalue weighted by Crippen LogP contribution is -2.26. The van der Waals surface area contributed by atoms with Crippen LogP contribution in [0.4, 0.5) is 8.78 Å². The van der Waals surface area contributed by atoms with Gasteiger partial charge in [-0.25, -0.2) is 17.3 Å². The molecule has 1 aromatic carbocycles. The Morgan fingerprint density at radius 2 is 2.06 bits per heavy atom. The number of hydrogen-bond acceptors (Lipinski definition) is 1. The summed E-state index contributed by atoms with van der Waals surface area (Å²) in [6.07, 6.45) is 2.35. The average Bonchev–Trinajstić information content (AvgIpc) is 2.22. The molecule has 0 aliphatic rings. The Morgan fingerprint density at radius 3 is 2.62 bits per heavy atom. The second-order valence-electron chi connectivity index (χ2n) is 3.52. The van der Waals surface area contributed by atoms with Gasteiger partial charge in [-0.05, 0) is 24.6 Å². The lowest BCUT2D eigenvalue weighted by atomic mass is 10.2. The van der Waals surface area contributed by atoms with E-state index in [0.717, 1.165) is 24.6 Å². The highest BCUT2D eigenvalue weighted by molar-refractivity contribution is 7.81. The standard InChI is InChI=1S/C11H15F2NOS/c1-3-6-14(16(2)15)8-9-7-10(12)4-5-11(9)13/h4-5,7H,3,6,8H2,1-2H3. The first kappa shape index (κ1) is 13.3. The topological polar surface area (TPSA) is 20.3 Å². The smallest absolute Gasteiger partial charge is 0.127 e. The SMILES string of the molecule is CCCN(Cc1cc(F)ccc1F)S(C)=O. The lowest BCUT2D eigenvalue weighted by Gasteiger charge is -2.18. The highest BCUT2D eigenvalue weighted by Crippen LogP contribution is 2.13. The van der Waals surface area contributed by atoms with Gasteiger partial charge in [0.2, 0.25) is 0 Å². The van der Waals surface area contributed by atoms with E-state index in [1.807, 2.05) is 6.92 Å². The summed E-state index contributed by atoms with van der Waals surface area (Å²) < 4.78 is 39.2. The molecule has 1 aromatic rings. The molecule has 0 aliphatic carbocycles. The van der Waals surface area contributed by atoms with E-state index in [1.54, 1.807) is 4.31 Å². The van der Waals surface area contributed by atoms with Crippen LogP contribution < -0.4 is 0 Å². The van der Waals surface area contributed by atoms with Crippen molar-refractivity contribution in [2.75, 3.05) is 12.8 Å². The minimum absolute atomic E-state index is 0.167. The molecule has 0 spiro atoms. The molecule has 0 amide bonds. The van der Waals surface area contributed by atoms with Gasteiger partial charge >= 0.3 is 0 Å². The van der Waals surface area contributed by atoms with Crippen LogP contribution in [0.5, 0.6) is 0 Å². The van der Waals surface area contributed by atoms with Crippen molar-refractivity contribution >= 4 is 11.0 Å². The van der Waals surface area contributed by atoms with Crippen LogP contribution in [-0.2, 0) is 17.5 Å². The third kappa shape index (κ3) is 3.64. The van der Waals surface area contributed by atoms with Gasteiger partial charge in [-0.3, -0.25) is 0 Å². The predicted molar refractivity (Wildman–Crippen MR) is 61.1 cm³/mol. The molecule has 5 heteroatoms. The summed E-state index contributed by atoms with van der Waals surface area (Å²) in [4.78, 5) is 0. The number of nitrogens with zero attached hydrogens (tertiary/aromatic N) is 1. The molecule has 0 saturated carbocycles. The Labute approximate surface area is 96.9 Å². The van der Waals surface area contributed by atoms with Gasteiger partial charge in [-0.2, -0.15) is 0 Å². The van der Waals surface area contributed by atoms with Crippen LogP contribution in [0.2, 0.25) is 0 Å². The van der Waals surface area contributed by atoms with E-state index in [-0.39, 0.29) is 12.1 Å². The fourth-order valence-electron chi connectivity index (χ4n) is 1.40. The second kappa shape index (κ2) is 6.06. The fourth-order valence-corrected chi connectivity index (χ4v) is 2.16. The molecule has 2 nitrogen and oxygen atoms in total. The summed E-state index contributed by atoms with van der Waals surface area (Å²) in [5, 5.41) is 0. The molecule has 0 heterocycles. The van der Waals surface area contributed by atoms with Crippen molar-refractivity contribution in [2.45, 2.75) is 19.9 Å². The fraction of sp³-hybridized carbons (Fsp3) is 0.455. The maximum Gasteiger partial charge on any atom is 0.127 e. The third-order valence-corrected chi connectivity index (χ3v) is 3.23. The number of benzene rings is 1. The van der Waals surface area contributed by atoms with Gasteiger partial charge in [0.25, 0.3) is 0 Å². The summed E-state index contributed by atoms with van der Waals surface area (Å²) in [7, 11) is -1.17. The summed E-state index contributed by atoms with van der Waals surface area (Å²) in [6, 6.07) is 3.31. The van der Waals surface area contributed by atoms with Crippen LogP contribution in [-0.4, -0.2) is 21.3 Å². The maximum atomic E-state index is 13.3. The first-order valence-electron chi connectivity index (χ1n) is 5.07. The van der Waals surface area contributed by atoms with Crippen molar-refractivity contribution in [3.63, 3.8) is 0 Å².